The van der Waals surface area contributed by atoms with Crippen LogP contribution in [0.15, 0.2) is 104 Å². The second-order valence-electron chi connectivity index (χ2n) is 5.83. The second kappa shape index (κ2) is 7.52. The molecule has 0 fully saturated rings. The second-order valence-corrected chi connectivity index (χ2v) is 7.66. The molecule has 0 aliphatic heterocycles. The fraction of sp³-hybridized carbons (Fsp3) is 0. The molecule has 0 atom stereocenters. The summed E-state index contributed by atoms with van der Waals surface area (Å²) >= 11 is 6.92. The monoisotopic (exact) mass is 464 g/mol. The molecule has 0 spiro atoms. The van der Waals surface area contributed by atoms with Crippen LogP contribution in [-0.2, 0) is 0 Å². The van der Waals surface area contributed by atoms with Gasteiger partial charge in [-0.3, -0.25) is 0 Å². The minimum atomic E-state index is 0.927. The Hall–Kier alpha value is -2.30. The lowest BCUT2D eigenvalue weighted by Gasteiger charge is -2.15. The maximum Gasteiger partial charge on any atom is 0.0716 e. The Morgan fingerprint density at radius 3 is 1.27 bits per heavy atom. The lowest BCUT2D eigenvalue weighted by atomic mass is 9.93. The SMILES string of the molecule is Brc1ccc(N=C2C=CC(=Nc3ccc(Br)cc3)c3ccccc32)cc1. The molecule has 0 bridgehead atoms. The van der Waals surface area contributed by atoms with Crippen molar-refractivity contribution in [1.82, 2.24) is 0 Å². The summed E-state index contributed by atoms with van der Waals surface area (Å²) in [6, 6.07) is 24.2. The van der Waals surface area contributed by atoms with E-state index >= 15 is 0 Å². The highest BCUT2D eigenvalue weighted by molar-refractivity contribution is 9.10. The molecule has 0 saturated carbocycles. The van der Waals surface area contributed by atoms with Crippen molar-refractivity contribution in [3.05, 3.63) is 105 Å². The first-order valence-corrected chi connectivity index (χ1v) is 9.74. The standard InChI is InChI=1S/C22H14Br2N2/c23-15-5-9-17(10-6-15)25-21-13-14-22(20-4-2-1-3-19(20)21)26-18-11-7-16(24)8-12-18/h1-14H. The predicted octanol–water partition coefficient (Wildman–Crippen LogP) is 7.02. The molecule has 3 aromatic rings. The zero-order valence-corrected chi connectivity index (χ0v) is 16.9. The van der Waals surface area contributed by atoms with Crippen molar-refractivity contribution in [3.8, 4) is 0 Å². The van der Waals surface area contributed by atoms with Gasteiger partial charge >= 0.3 is 0 Å². The molecule has 0 amide bonds. The van der Waals surface area contributed by atoms with E-state index in [1.165, 1.54) is 0 Å². The number of hydrogen-bond donors (Lipinski definition) is 0. The topological polar surface area (TPSA) is 24.7 Å². The summed E-state index contributed by atoms with van der Waals surface area (Å²) in [5, 5.41) is 0. The molecule has 3 aromatic carbocycles. The van der Waals surface area contributed by atoms with Crippen molar-refractivity contribution in [2.75, 3.05) is 0 Å². The molecule has 1 aliphatic rings. The summed E-state index contributed by atoms with van der Waals surface area (Å²) in [6.07, 6.45) is 4.06. The first kappa shape index (κ1) is 17.1. The van der Waals surface area contributed by atoms with Crippen LogP contribution in [0.1, 0.15) is 11.1 Å². The van der Waals surface area contributed by atoms with Crippen LogP contribution in [0.3, 0.4) is 0 Å². The van der Waals surface area contributed by atoms with Gasteiger partial charge in [0.05, 0.1) is 22.8 Å². The smallest absolute Gasteiger partial charge is 0.0716 e. The van der Waals surface area contributed by atoms with Crippen molar-refractivity contribution in [3.63, 3.8) is 0 Å². The van der Waals surface area contributed by atoms with Crippen molar-refractivity contribution in [2.24, 2.45) is 9.98 Å². The average Bonchev–Trinajstić information content (AvgIpc) is 2.67. The third-order valence-electron chi connectivity index (χ3n) is 4.03. The van der Waals surface area contributed by atoms with Gasteiger partial charge < -0.3 is 0 Å². The number of nitrogens with zero attached hydrogens (tertiary/aromatic N) is 2. The van der Waals surface area contributed by atoms with Crippen molar-refractivity contribution in [2.45, 2.75) is 0 Å². The largest absolute Gasteiger partial charge is 0.248 e. The van der Waals surface area contributed by atoms with Gasteiger partial charge in [0.1, 0.15) is 0 Å². The Morgan fingerprint density at radius 1 is 0.500 bits per heavy atom. The average molecular weight is 466 g/mol. The summed E-state index contributed by atoms with van der Waals surface area (Å²) < 4.78 is 2.09. The Bertz CT molecular complexity index is 946. The van der Waals surface area contributed by atoms with Gasteiger partial charge in [0.25, 0.3) is 0 Å². The lowest BCUT2D eigenvalue weighted by Crippen LogP contribution is -2.12. The van der Waals surface area contributed by atoms with Crippen LogP contribution in [0.25, 0.3) is 0 Å². The summed E-state index contributed by atoms with van der Waals surface area (Å²) in [7, 11) is 0. The molecule has 0 N–H and O–H groups in total. The summed E-state index contributed by atoms with van der Waals surface area (Å²) in [6.45, 7) is 0. The fourth-order valence-electron chi connectivity index (χ4n) is 2.77. The van der Waals surface area contributed by atoms with E-state index in [2.05, 4.69) is 44.0 Å². The van der Waals surface area contributed by atoms with Crippen LogP contribution < -0.4 is 0 Å². The molecule has 0 saturated heterocycles. The normalized spacial score (nSPS) is 16.1. The molecule has 0 heterocycles. The first-order valence-electron chi connectivity index (χ1n) is 8.15. The van der Waals surface area contributed by atoms with E-state index < -0.39 is 0 Å². The lowest BCUT2D eigenvalue weighted by molar-refractivity contribution is 1.45. The van der Waals surface area contributed by atoms with Gasteiger partial charge in [0.2, 0.25) is 0 Å². The number of aliphatic imine (C=N–C) groups is 2. The van der Waals surface area contributed by atoms with Gasteiger partial charge in [-0.2, -0.15) is 0 Å². The molecular formula is C22H14Br2N2. The molecule has 2 nitrogen and oxygen atoms in total. The quantitative estimate of drug-likeness (QED) is 0.388. The Kier molecular flexibility index (Phi) is 4.96. The van der Waals surface area contributed by atoms with Crippen molar-refractivity contribution in [1.29, 1.82) is 0 Å². The number of halogens is 2. The highest BCUT2D eigenvalue weighted by Gasteiger charge is 2.15. The highest BCUT2D eigenvalue weighted by Crippen LogP contribution is 2.25. The zero-order valence-electron chi connectivity index (χ0n) is 13.7. The highest BCUT2D eigenvalue weighted by atomic mass is 79.9. The number of allylic oxidation sites excluding steroid dienone is 2. The minimum absolute atomic E-state index is 0.927. The van der Waals surface area contributed by atoms with E-state index in [0.29, 0.717) is 0 Å². The number of hydrogen-bond acceptors (Lipinski definition) is 2. The summed E-state index contributed by atoms with van der Waals surface area (Å²) in [4.78, 5) is 9.60. The molecule has 0 radical (unpaired) electrons. The number of rotatable bonds is 2. The van der Waals surface area contributed by atoms with Crippen LogP contribution in [0, 0.1) is 0 Å². The van der Waals surface area contributed by atoms with E-state index in [-0.39, 0.29) is 0 Å². The third-order valence-corrected chi connectivity index (χ3v) is 5.09. The molecule has 4 rings (SSSR count). The summed E-state index contributed by atoms with van der Waals surface area (Å²) in [5.74, 6) is 0. The first-order chi connectivity index (χ1) is 12.7. The molecular weight excluding hydrogens is 452 g/mol. The van der Waals surface area contributed by atoms with Crippen LogP contribution in [0.5, 0.6) is 0 Å². The van der Waals surface area contributed by atoms with Gasteiger partial charge in [-0.1, -0.05) is 56.1 Å². The zero-order chi connectivity index (χ0) is 17.9. The maximum absolute atomic E-state index is 4.80. The Morgan fingerprint density at radius 2 is 0.885 bits per heavy atom. The maximum atomic E-state index is 4.80. The predicted molar refractivity (Wildman–Crippen MR) is 116 cm³/mol. The van der Waals surface area contributed by atoms with Crippen molar-refractivity contribution >= 4 is 54.7 Å². The molecule has 26 heavy (non-hydrogen) atoms. The molecule has 1 aliphatic carbocycles. The fourth-order valence-corrected chi connectivity index (χ4v) is 3.30. The Labute approximate surface area is 169 Å². The van der Waals surface area contributed by atoms with E-state index in [4.69, 9.17) is 9.98 Å². The van der Waals surface area contributed by atoms with Gasteiger partial charge in [-0.05, 0) is 60.7 Å². The van der Waals surface area contributed by atoms with Crippen LogP contribution in [-0.4, -0.2) is 11.4 Å². The van der Waals surface area contributed by atoms with E-state index in [0.717, 1.165) is 42.9 Å². The van der Waals surface area contributed by atoms with E-state index in [1.54, 1.807) is 0 Å². The van der Waals surface area contributed by atoms with Gasteiger partial charge in [0, 0.05) is 20.1 Å². The number of benzene rings is 3. The van der Waals surface area contributed by atoms with Crippen LogP contribution in [0.4, 0.5) is 11.4 Å². The molecule has 0 aromatic heterocycles. The van der Waals surface area contributed by atoms with E-state index in [9.17, 15) is 0 Å². The molecule has 126 valence electrons. The van der Waals surface area contributed by atoms with Gasteiger partial charge in [-0.15, -0.1) is 0 Å². The van der Waals surface area contributed by atoms with Crippen LogP contribution in [0.2, 0.25) is 0 Å². The third kappa shape index (κ3) is 3.76. The molecule has 4 heteroatoms. The van der Waals surface area contributed by atoms with Gasteiger partial charge in [0.15, 0.2) is 0 Å². The van der Waals surface area contributed by atoms with Gasteiger partial charge in [-0.25, -0.2) is 9.98 Å². The number of fused-ring (bicyclic) bond motifs is 1. The summed E-state index contributed by atoms with van der Waals surface area (Å²) in [5.41, 5.74) is 5.92. The van der Waals surface area contributed by atoms with Crippen LogP contribution >= 0.6 is 31.9 Å². The Balaban J connectivity index is 1.76. The minimum Gasteiger partial charge on any atom is -0.248 e. The van der Waals surface area contributed by atoms with Crippen molar-refractivity contribution < 1.29 is 0 Å². The molecule has 0 unspecified atom stereocenters. The van der Waals surface area contributed by atoms with E-state index in [1.807, 2.05) is 72.8 Å².